The number of halogens is 2. The van der Waals surface area contributed by atoms with Crippen molar-refractivity contribution in [3.63, 3.8) is 0 Å². The summed E-state index contributed by atoms with van der Waals surface area (Å²) in [5.41, 5.74) is 0.921. The van der Waals surface area contributed by atoms with Crippen LogP contribution in [0.25, 0.3) is 0 Å². The van der Waals surface area contributed by atoms with Crippen LogP contribution in [-0.4, -0.2) is 30.3 Å². The average molecular weight is 378 g/mol. The zero-order valence-corrected chi connectivity index (χ0v) is 14.1. The maximum atomic E-state index is 14.1. The molecule has 9 heteroatoms. The molecule has 2 aromatic carbocycles. The van der Waals surface area contributed by atoms with Gasteiger partial charge < -0.3 is 5.11 Å². The van der Waals surface area contributed by atoms with Crippen molar-refractivity contribution in [3.8, 4) is 6.07 Å². The van der Waals surface area contributed by atoms with Crippen molar-refractivity contribution in [2.75, 3.05) is 6.54 Å². The lowest BCUT2D eigenvalue weighted by Gasteiger charge is -2.28. The van der Waals surface area contributed by atoms with Crippen molar-refractivity contribution >= 4 is 16.0 Å². The number of hydrogen-bond acceptors (Lipinski definition) is 4. The molecule has 1 aliphatic rings. The number of fused-ring (bicyclic) bond motifs is 1. The number of nitrogens with zero attached hydrogens (tertiary/aromatic N) is 2. The first-order chi connectivity index (χ1) is 12.2. The maximum Gasteiger partial charge on any atom is 0.335 e. The average Bonchev–Trinajstić information content (AvgIpc) is 2.59. The van der Waals surface area contributed by atoms with Gasteiger partial charge in [0.1, 0.15) is 11.6 Å². The Morgan fingerprint density at radius 1 is 1.15 bits per heavy atom. The third kappa shape index (κ3) is 3.05. The Hall–Kier alpha value is -2.83. The van der Waals surface area contributed by atoms with Gasteiger partial charge in [-0.25, -0.2) is 22.0 Å². The summed E-state index contributed by atoms with van der Waals surface area (Å²) in [6.07, 6.45) is 0.286. The van der Waals surface area contributed by atoms with E-state index < -0.39 is 32.5 Å². The van der Waals surface area contributed by atoms with Crippen LogP contribution < -0.4 is 0 Å². The molecule has 0 unspecified atom stereocenters. The molecular formula is C17H12F2N2O4S. The second-order valence-electron chi connectivity index (χ2n) is 5.76. The van der Waals surface area contributed by atoms with E-state index in [0.717, 1.165) is 9.87 Å². The normalized spacial score (nSPS) is 14.5. The summed E-state index contributed by atoms with van der Waals surface area (Å²) < 4.78 is 54.6. The highest BCUT2D eigenvalue weighted by atomic mass is 32.2. The van der Waals surface area contributed by atoms with Crippen molar-refractivity contribution in [1.82, 2.24) is 4.31 Å². The first-order valence-corrected chi connectivity index (χ1v) is 8.92. The summed E-state index contributed by atoms with van der Waals surface area (Å²) in [4.78, 5) is 9.96. The molecule has 6 nitrogen and oxygen atoms in total. The molecule has 134 valence electrons. The van der Waals surface area contributed by atoms with Crippen LogP contribution in [0.15, 0.2) is 35.2 Å². The molecule has 0 amide bonds. The number of nitriles is 1. The summed E-state index contributed by atoms with van der Waals surface area (Å²) in [5, 5.41) is 17.8. The minimum atomic E-state index is -4.50. The topological polar surface area (TPSA) is 98.5 Å². The summed E-state index contributed by atoms with van der Waals surface area (Å²) in [6, 6.07) is 7.26. The highest BCUT2D eigenvalue weighted by Gasteiger charge is 2.33. The van der Waals surface area contributed by atoms with E-state index >= 15 is 0 Å². The Morgan fingerprint density at radius 2 is 1.81 bits per heavy atom. The second kappa shape index (κ2) is 6.48. The van der Waals surface area contributed by atoms with Gasteiger partial charge in [-0.3, -0.25) is 0 Å². The van der Waals surface area contributed by atoms with E-state index in [4.69, 9.17) is 10.4 Å². The van der Waals surface area contributed by atoms with Gasteiger partial charge in [-0.1, -0.05) is 6.07 Å². The number of benzene rings is 2. The lowest BCUT2D eigenvalue weighted by molar-refractivity contribution is 0.0696. The number of rotatable bonds is 3. The van der Waals surface area contributed by atoms with Crippen LogP contribution in [0, 0.1) is 23.0 Å². The van der Waals surface area contributed by atoms with Crippen molar-refractivity contribution in [3.05, 3.63) is 64.2 Å². The molecular weight excluding hydrogens is 366 g/mol. The number of aromatic carboxylic acids is 1. The number of sulfonamides is 1. The van der Waals surface area contributed by atoms with Crippen LogP contribution in [0.2, 0.25) is 0 Å². The Bertz CT molecular complexity index is 1040. The first kappa shape index (κ1) is 18.0. The molecule has 1 N–H and O–H groups in total. The highest BCUT2D eigenvalue weighted by Crippen LogP contribution is 2.29. The van der Waals surface area contributed by atoms with Gasteiger partial charge >= 0.3 is 5.97 Å². The van der Waals surface area contributed by atoms with Gasteiger partial charge in [0.25, 0.3) is 0 Å². The molecule has 2 aromatic rings. The fourth-order valence-electron chi connectivity index (χ4n) is 2.87. The monoisotopic (exact) mass is 378 g/mol. The quantitative estimate of drug-likeness (QED) is 0.884. The van der Waals surface area contributed by atoms with Gasteiger partial charge in [-0.05, 0) is 41.8 Å². The molecule has 0 radical (unpaired) electrons. The maximum absolute atomic E-state index is 14.1. The van der Waals surface area contributed by atoms with Crippen LogP contribution >= 0.6 is 0 Å². The molecule has 0 bridgehead atoms. The van der Waals surface area contributed by atoms with Gasteiger partial charge in [0.2, 0.25) is 10.0 Å². The van der Waals surface area contributed by atoms with Gasteiger partial charge in [0, 0.05) is 13.1 Å². The third-order valence-corrected chi connectivity index (χ3v) is 6.05. The zero-order valence-electron chi connectivity index (χ0n) is 13.2. The van der Waals surface area contributed by atoms with Crippen molar-refractivity contribution in [1.29, 1.82) is 5.26 Å². The fraction of sp³-hybridized carbons (Fsp3) is 0.176. The lowest BCUT2D eigenvalue weighted by Crippen LogP contribution is -2.37. The summed E-state index contributed by atoms with van der Waals surface area (Å²) >= 11 is 0. The number of carboxylic acid groups (broad SMARTS) is 1. The minimum absolute atomic E-state index is 0.000628. The van der Waals surface area contributed by atoms with Crippen LogP contribution in [0.4, 0.5) is 8.78 Å². The lowest BCUT2D eigenvalue weighted by atomic mass is 9.99. The first-order valence-electron chi connectivity index (χ1n) is 7.48. The molecule has 0 saturated heterocycles. The van der Waals surface area contributed by atoms with E-state index in [-0.39, 0.29) is 30.6 Å². The Labute approximate surface area is 148 Å². The predicted molar refractivity (Wildman–Crippen MR) is 85.8 cm³/mol. The summed E-state index contributed by atoms with van der Waals surface area (Å²) in [5.74, 6) is -3.84. The van der Waals surface area contributed by atoms with E-state index in [1.165, 1.54) is 12.1 Å². The molecule has 1 heterocycles. The molecule has 0 spiro atoms. The number of hydrogen-bond donors (Lipinski definition) is 1. The molecule has 3 rings (SSSR count). The van der Waals surface area contributed by atoms with Crippen molar-refractivity contribution in [2.24, 2.45) is 0 Å². The van der Waals surface area contributed by atoms with E-state index in [2.05, 4.69) is 0 Å². The van der Waals surface area contributed by atoms with Crippen LogP contribution in [-0.2, 0) is 23.0 Å². The van der Waals surface area contributed by atoms with E-state index in [9.17, 15) is 22.0 Å². The SMILES string of the molecule is N#Cc1cc(F)c(S(=O)(=O)N2CCc3ccc(C(=O)O)cc3C2)c(F)c1. The van der Waals surface area contributed by atoms with Gasteiger partial charge in [-0.2, -0.15) is 9.57 Å². The van der Waals surface area contributed by atoms with Crippen LogP contribution in [0.3, 0.4) is 0 Å². The van der Waals surface area contributed by atoms with Crippen LogP contribution in [0.1, 0.15) is 27.0 Å². The second-order valence-corrected chi connectivity index (χ2v) is 7.63. The fourth-order valence-corrected chi connectivity index (χ4v) is 4.38. The molecule has 26 heavy (non-hydrogen) atoms. The van der Waals surface area contributed by atoms with Crippen molar-refractivity contribution < 1.29 is 27.1 Å². The highest BCUT2D eigenvalue weighted by molar-refractivity contribution is 7.89. The van der Waals surface area contributed by atoms with E-state index in [1.54, 1.807) is 12.1 Å². The Kier molecular flexibility index (Phi) is 4.48. The van der Waals surface area contributed by atoms with E-state index in [0.29, 0.717) is 17.7 Å². The number of carbonyl (C=O) groups is 1. The summed E-state index contributed by atoms with van der Waals surface area (Å²) in [6.45, 7) is -0.196. The predicted octanol–water partition coefficient (Wildman–Crippen LogP) is 2.28. The molecule has 0 fully saturated rings. The van der Waals surface area contributed by atoms with Gasteiger partial charge in [0.05, 0.1) is 17.2 Å². The largest absolute Gasteiger partial charge is 0.478 e. The Balaban J connectivity index is 2.01. The standard InChI is InChI=1S/C17H12F2N2O4S/c18-14-5-10(8-20)6-15(19)16(14)26(24,25)21-4-3-11-1-2-12(17(22)23)7-13(11)9-21/h1-2,5-7H,3-4,9H2,(H,22,23). The van der Waals surface area contributed by atoms with E-state index in [1.807, 2.05) is 0 Å². The number of carboxylic acids is 1. The van der Waals surface area contributed by atoms with Gasteiger partial charge in [0.15, 0.2) is 4.90 Å². The molecule has 0 atom stereocenters. The summed E-state index contributed by atoms with van der Waals surface area (Å²) in [7, 11) is -4.50. The Morgan fingerprint density at radius 3 is 2.38 bits per heavy atom. The molecule has 0 saturated carbocycles. The molecule has 0 aliphatic carbocycles. The van der Waals surface area contributed by atoms with Crippen LogP contribution in [0.5, 0.6) is 0 Å². The third-order valence-electron chi connectivity index (χ3n) is 4.16. The molecule has 1 aliphatic heterocycles. The minimum Gasteiger partial charge on any atom is -0.478 e. The smallest absolute Gasteiger partial charge is 0.335 e. The molecule has 0 aromatic heterocycles. The zero-order chi connectivity index (χ0) is 19.1. The van der Waals surface area contributed by atoms with Crippen molar-refractivity contribution in [2.45, 2.75) is 17.9 Å². The van der Waals surface area contributed by atoms with Gasteiger partial charge in [-0.15, -0.1) is 0 Å².